The molecule has 0 radical (unpaired) electrons. The van der Waals surface area contributed by atoms with Gasteiger partial charge >= 0.3 is 6.18 Å². The molecule has 1 aromatic carbocycles. The molecule has 176 valence electrons. The second-order valence-corrected chi connectivity index (χ2v) is 8.08. The molecule has 2 rings (SSSR count). The summed E-state index contributed by atoms with van der Waals surface area (Å²) < 4.78 is 46.3. The SMILES string of the molecule is COCCN(Cc1cccn1C)C(=O)CN(CC(C)C)C(=O)c1cccc(C(F)(F)F)c1. The largest absolute Gasteiger partial charge is 0.416 e. The number of nitrogens with zero attached hydrogens (tertiary/aromatic N) is 3. The van der Waals surface area contributed by atoms with Crippen LogP contribution in [0.5, 0.6) is 0 Å². The molecule has 0 saturated heterocycles. The Kier molecular flexibility index (Phi) is 8.89. The van der Waals surface area contributed by atoms with Crippen LogP contribution in [-0.4, -0.2) is 59.5 Å². The number of halogens is 3. The molecule has 1 aromatic heterocycles. The molecule has 0 aliphatic rings. The number of ether oxygens (including phenoxy) is 1. The zero-order valence-corrected chi connectivity index (χ0v) is 18.9. The highest BCUT2D eigenvalue weighted by Crippen LogP contribution is 2.29. The van der Waals surface area contributed by atoms with Gasteiger partial charge in [0.15, 0.2) is 0 Å². The van der Waals surface area contributed by atoms with Gasteiger partial charge < -0.3 is 19.1 Å². The number of benzene rings is 1. The monoisotopic (exact) mass is 453 g/mol. The number of carbonyl (C=O) groups excluding carboxylic acids is 2. The third-order valence-electron chi connectivity index (χ3n) is 4.96. The Morgan fingerprint density at radius 1 is 1.12 bits per heavy atom. The van der Waals surface area contributed by atoms with E-state index in [0.29, 0.717) is 19.7 Å². The van der Waals surface area contributed by atoms with Crippen LogP contribution in [0.2, 0.25) is 0 Å². The second-order valence-electron chi connectivity index (χ2n) is 8.08. The summed E-state index contributed by atoms with van der Waals surface area (Å²) in [6.07, 6.45) is -2.68. The molecular weight excluding hydrogens is 423 g/mol. The van der Waals surface area contributed by atoms with E-state index in [1.807, 2.05) is 43.8 Å². The number of hydrogen-bond donors (Lipinski definition) is 0. The van der Waals surface area contributed by atoms with Crippen LogP contribution in [0.4, 0.5) is 13.2 Å². The van der Waals surface area contributed by atoms with Crippen LogP contribution in [-0.2, 0) is 29.3 Å². The molecule has 0 unspecified atom stereocenters. The van der Waals surface area contributed by atoms with Crippen LogP contribution in [0, 0.1) is 5.92 Å². The van der Waals surface area contributed by atoms with E-state index in [1.54, 1.807) is 4.90 Å². The van der Waals surface area contributed by atoms with E-state index in [1.165, 1.54) is 24.1 Å². The summed E-state index contributed by atoms with van der Waals surface area (Å²) in [4.78, 5) is 29.1. The summed E-state index contributed by atoms with van der Waals surface area (Å²) in [5, 5.41) is 0. The number of hydrogen-bond acceptors (Lipinski definition) is 3. The molecule has 9 heteroatoms. The molecule has 2 aromatic rings. The van der Waals surface area contributed by atoms with Crippen molar-refractivity contribution in [2.45, 2.75) is 26.6 Å². The number of aromatic nitrogens is 1. The third-order valence-corrected chi connectivity index (χ3v) is 4.96. The van der Waals surface area contributed by atoms with Gasteiger partial charge in [0, 0.05) is 44.7 Å². The Morgan fingerprint density at radius 3 is 2.41 bits per heavy atom. The molecular formula is C23H30F3N3O3. The molecule has 0 bridgehead atoms. The first-order valence-electron chi connectivity index (χ1n) is 10.4. The van der Waals surface area contributed by atoms with Crippen molar-refractivity contribution in [2.75, 3.05) is 33.4 Å². The Balaban J connectivity index is 2.24. The van der Waals surface area contributed by atoms with E-state index in [9.17, 15) is 22.8 Å². The van der Waals surface area contributed by atoms with E-state index in [4.69, 9.17) is 4.74 Å². The number of amides is 2. The van der Waals surface area contributed by atoms with Crippen molar-refractivity contribution < 1.29 is 27.5 Å². The molecule has 0 N–H and O–H groups in total. The second kappa shape index (κ2) is 11.2. The van der Waals surface area contributed by atoms with Crippen molar-refractivity contribution in [3.8, 4) is 0 Å². The van der Waals surface area contributed by atoms with Gasteiger partial charge in [-0.25, -0.2) is 0 Å². The summed E-state index contributed by atoms with van der Waals surface area (Å²) in [5.41, 5.74) is -0.0854. The minimum Gasteiger partial charge on any atom is -0.383 e. The first-order chi connectivity index (χ1) is 15.0. The lowest BCUT2D eigenvalue weighted by atomic mass is 10.1. The van der Waals surface area contributed by atoms with Crippen LogP contribution < -0.4 is 0 Å². The molecule has 32 heavy (non-hydrogen) atoms. The number of aryl methyl sites for hydroxylation is 1. The lowest BCUT2D eigenvalue weighted by molar-refractivity contribution is -0.137. The standard InChI is InChI=1S/C23H30F3N3O3/c1-17(2)14-29(22(31)18-7-5-8-19(13-18)23(24,25)26)16-21(30)28(11-12-32-4)15-20-9-6-10-27(20)3/h5-10,13,17H,11-12,14-16H2,1-4H3. The van der Waals surface area contributed by atoms with E-state index in [-0.39, 0.29) is 30.5 Å². The first kappa shape index (κ1) is 25.5. The van der Waals surface area contributed by atoms with Crippen LogP contribution in [0.3, 0.4) is 0 Å². The maximum absolute atomic E-state index is 13.1. The van der Waals surface area contributed by atoms with E-state index in [2.05, 4.69) is 0 Å². The van der Waals surface area contributed by atoms with Crippen molar-refractivity contribution in [1.82, 2.24) is 14.4 Å². The summed E-state index contributed by atoms with van der Waals surface area (Å²) in [7, 11) is 3.41. The highest BCUT2D eigenvalue weighted by molar-refractivity contribution is 5.96. The van der Waals surface area contributed by atoms with Crippen LogP contribution in [0.15, 0.2) is 42.6 Å². The molecule has 6 nitrogen and oxygen atoms in total. The highest BCUT2D eigenvalue weighted by Gasteiger charge is 2.32. The molecule has 0 spiro atoms. The highest BCUT2D eigenvalue weighted by atomic mass is 19.4. The summed E-state index contributed by atoms with van der Waals surface area (Å²) >= 11 is 0. The minimum atomic E-state index is -4.55. The zero-order valence-electron chi connectivity index (χ0n) is 18.9. The molecule has 1 heterocycles. The van der Waals surface area contributed by atoms with Gasteiger partial charge in [-0.15, -0.1) is 0 Å². The minimum absolute atomic E-state index is 0.0258. The predicted molar refractivity (Wildman–Crippen MR) is 115 cm³/mol. The maximum Gasteiger partial charge on any atom is 0.416 e. The number of methoxy groups -OCH3 is 1. The third kappa shape index (κ3) is 7.12. The average Bonchev–Trinajstić information content (AvgIpc) is 3.13. The van der Waals surface area contributed by atoms with E-state index >= 15 is 0 Å². The fourth-order valence-corrected chi connectivity index (χ4v) is 3.28. The lowest BCUT2D eigenvalue weighted by Gasteiger charge is -2.29. The van der Waals surface area contributed by atoms with Crippen molar-refractivity contribution in [3.63, 3.8) is 0 Å². The van der Waals surface area contributed by atoms with Gasteiger partial charge in [-0.3, -0.25) is 9.59 Å². The Morgan fingerprint density at radius 2 is 1.84 bits per heavy atom. The Bertz CT molecular complexity index is 909. The Labute approximate surface area is 186 Å². The fourth-order valence-electron chi connectivity index (χ4n) is 3.28. The lowest BCUT2D eigenvalue weighted by Crippen LogP contribution is -2.45. The van der Waals surface area contributed by atoms with Crippen molar-refractivity contribution in [2.24, 2.45) is 13.0 Å². The normalized spacial score (nSPS) is 11.6. The molecule has 0 aliphatic heterocycles. The maximum atomic E-state index is 13.1. The average molecular weight is 454 g/mol. The molecule has 0 saturated carbocycles. The topological polar surface area (TPSA) is 54.8 Å². The quantitative estimate of drug-likeness (QED) is 0.550. The zero-order chi connectivity index (χ0) is 23.9. The van der Waals surface area contributed by atoms with Gasteiger partial charge in [-0.2, -0.15) is 13.2 Å². The summed E-state index contributed by atoms with van der Waals surface area (Å²) in [6.45, 7) is 4.74. The van der Waals surface area contributed by atoms with Gasteiger partial charge in [0.25, 0.3) is 5.91 Å². The van der Waals surface area contributed by atoms with Gasteiger partial charge in [-0.05, 0) is 36.2 Å². The smallest absolute Gasteiger partial charge is 0.383 e. The van der Waals surface area contributed by atoms with Crippen LogP contribution >= 0.6 is 0 Å². The Hall–Kier alpha value is -2.81. The molecule has 0 aliphatic carbocycles. The van der Waals surface area contributed by atoms with Crippen molar-refractivity contribution >= 4 is 11.8 Å². The number of rotatable bonds is 10. The molecule has 0 atom stereocenters. The summed E-state index contributed by atoms with van der Waals surface area (Å²) in [5.74, 6) is -0.884. The van der Waals surface area contributed by atoms with Crippen molar-refractivity contribution in [3.05, 3.63) is 59.4 Å². The van der Waals surface area contributed by atoms with Gasteiger partial charge in [0.1, 0.15) is 6.54 Å². The van der Waals surface area contributed by atoms with Crippen LogP contribution in [0.1, 0.15) is 35.5 Å². The van der Waals surface area contributed by atoms with Crippen LogP contribution in [0.25, 0.3) is 0 Å². The molecule has 0 fully saturated rings. The molecule has 2 amide bonds. The van der Waals surface area contributed by atoms with Gasteiger partial charge in [-0.1, -0.05) is 19.9 Å². The summed E-state index contributed by atoms with van der Waals surface area (Å²) in [6, 6.07) is 8.05. The van der Waals surface area contributed by atoms with E-state index < -0.39 is 17.6 Å². The fraction of sp³-hybridized carbons (Fsp3) is 0.478. The van der Waals surface area contributed by atoms with Gasteiger partial charge in [0.05, 0.1) is 18.7 Å². The number of alkyl halides is 3. The van der Waals surface area contributed by atoms with Crippen molar-refractivity contribution in [1.29, 1.82) is 0 Å². The van der Waals surface area contributed by atoms with E-state index in [0.717, 1.165) is 17.8 Å². The van der Waals surface area contributed by atoms with Gasteiger partial charge in [0.2, 0.25) is 5.91 Å². The predicted octanol–water partition coefficient (Wildman–Crippen LogP) is 3.82. The first-order valence-corrected chi connectivity index (χ1v) is 10.4. The number of carbonyl (C=O) groups is 2.